The van der Waals surface area contributed by atoms with Gasteiger partial charge in [0.2, 0.25) is 10.0 Å². The topological polar surface area (TPSA) is 129 Å². The van der Waals surface area contributed by atoms with E-state index in [1.54, 1.807) is 0 Å². The van der Waals surface area contributed by atoms with Gasteiger partial charge in [-0.3, -0.25) is 0 Å². The molecule has 0 spiro atoms. The van der Waals surface area contributed by atoms with Crippen molar-refractivity contribution in [1.82, 2.24) is 14.3 Å². The van der Waals surface area contributed by atoms with E-state index in [0.29, 0.717) is 17.6 Å². The number of aromatic nitrogens is 2. The predicted octanol–water partition coefficient (Wildman–Crippen LogP) is 0.213. The minimum atomic E-state index is -3.95. The molecule has 27 heavy (non-hydrogen) atoms. The van der Waals surface area contributed by atoms with Crippen LogP contribution >= 0.6 is 0 Å². The number of benzene rings is 1. The van der Waals surface area contributed by atoms with E-state index >= 15 is 0 Å². The predicted molar refractivity (Wildman–Crippen MR) is 98.8 cm³/mol. The summed E-state index contributed by atoms with van der Waals surface area (Å²) in [5, 5.41) is 0. The Morgan fingerprint density at radius 1 is 1.19 bits per heavy atom. The Kier molecular flexibility index (Phi) is 4.65. The van der Waals surface area contributed by atoms with E-state index in [-0.39, 0.29) is 35.5 Å². The molecule has 1 aromatic carbocycles. The standard InChI is InChI=1S/C16H21N3O6S2/c20-16-17-14-4-3-13(8-15(14)18-16)27(23,24)19(9-12-2-1-6-25-12)11-5-7-26(21,22)10-11/h3-4,8,11-12H,1-2,5-7,9-10H2,(H2,17,18,20)/t11-,12+/m1/s1. The first-order valence-corrected chi connectivity index (χ1v) is 12.1. The van der Waals surface area contributed by atoms with Crippen molar-refractivity contribution in [2.24, 2.45) is 0 Å². The molecule has 2 aliphatic heterocycles. The zero-order valence-electron chi connectivity index (χ0n) is 14.5. The molecule has 2 fully saturated rings. The van der Waals surface area contributed by atoms with Gasteiger partial charge in [0.05, 0.1) is 33.5 Å². The Hall–Kier alpha value is -1.69. The summed E-state index contributed by atoms with van der Waals surface area (Å²) in [7, 11) is -7.20. The Labute approximate surface area is 156 Å². The van der Waals surface area contributed by atoms with Gasteiger partial charge in [-0.2, -0.15) is 4.31 Å². The van der Waals surface area contributed by atoms with Crippen LogP contribution in [0.15, 0.2) is 27.9 Å². The number of sulfone groups is 1. The molecule has 2 aliphatic rings. The van der Waals surface area contributed by atoms with Gasteiger partial charge in [-0.1, -0.05) is 0 Å². The number of H-pyrrole nitrogens is 2. The summed E-state index contributed by atoms with van der Waals surface area (Å²) in [4.78, 5) is 16.6. The van der Waals surface area contributed by atoms with Crippen molar-refractivity contribution in [3.8, 4) is 0 Å². The second-order valence-electron chi connectivity index (χ2n) is 7.05. The third-order valence-corrected chi connectivity index (χ3v) is 8.78. The van der Waals surface area contributed by atoms with Gasteiger partial charge < -0.3 is 14.7 Å². The summed E-state index contributed by atoms with van der Waals surface area (Å²) in [5.41, 5.74) is 0.475. The molecule has 2 atom stereocenters. The molecule has 148 valence electrons. The summed E-state index contributed by atoms with van der Waals surface area (Å²) in [6.45, 7) is 0.711. The van der Waals surface area contributed by atoms with Crippen LogP contribution in [-0.2, 0) is 24.6 Å². The van der Waals surface area contributed by atoms with Crippen LogP contribution in [0.1, 0.15) is 19.3 Å². The molecule has 4 rings (SSSR count). The molecule has 3 heterocycles. The van der Waals surface area contributed by atoms with E-state index in [0.717, 1.165) is 12.8 Å². The van der Waals surface area contributed by atoms with Gasteiger partial charge >= 0.3 is 5.69 Å². The average molecular weight is 415 g/mol. The van der Waals surface area contributed by atoms with Gasteiger partial charge in [-0.05, 0) is 37.5 Å². The fraction of sp³-hybridized carbons (Fsp3) is 0.562. The second-order valence-corrected chi connectivity index (χ2v) is 11.2. The fourth-order valence-electron chi connectivity index (χ4n) is 3.74. The normalized spacial score (nSPS) is 25.5. The first-order chi connectivity index (χ1) is 12.7. The largest absolute Gasteiger partial charge is 0.377 e. The maximum Gasteiger partial charge on any atom is 0.323 e. The molecule has 1 aromatic heterocycles. The highest BCUT2D eigenvalue weighted by Crippen LogP contribution is 2.28. The summed E-state index contributed by atoms with van der Waals surface area (Å²) >= 11 is 0. The van der Waals surface area contributed by atoms with Gasteiger partial charge in [0.15, 0.2) is 9.84 Å². The highest BCUT2D eigenvalue weighted by atomic mass is 32.2. The van der Waals surface area contributed by atoms with Crippen LogP contribution < -0.4 is 5.69 Å². The number of ether oxygens (including phenoxy) is 1. The van der Waals surface area contributed by atoms with Crippen molar-refractivity contribution in [3.63, 3.8) is 0 Å². The van der Waals surface area contributed by atoms with Gasteiger partial charge in [0, 0.05) is 19.2 Å². The molecule has 2 N–H and O–H groups in total. The fourth-order valence-corrected chi connectivity index (χ4v) is 7.28. The smallest absolute Gasteiger partial charge is 0.323 e. The number of nitrogens with zero attached hydrogens (tertiary/aromatic N) is 1. The molecule has 11 heteroatoms. The number of aromatic amines is 2. The number of hydrogen-bond donors (Lipinski definition) is 2. The average Bonchev–Trinajstić information content (AvgIpc) is 3.30. The van der Waals surface area contributed by atoms with Gasteiger partial charge in [-0.25, -0.2) is 21.6 Å². The number of rotatable bonds is 5. The van der Waals surface area contributed by atoms with E-state index in [2.05, 4.69) is 9.97 Å². The maximum absolute atomic E-state index is 13.3. The van der Waals surface area contributed by atoms with Gasteiger partial charge in [0.1, 0.15) is 0 Å². The molecule has 2 saturated heterocycles. The van der Waals surface area contributed by atoms with Crippen molar-refractivity contribution in [2.75, 3.05) is 24.7 Å². The number of hydrogen-bond acceptors (Lipinski definition) is 6. The molecular formula is C16H21N3O6S2. The summed E-state index contributed by atoms with van der Waals surface area (Å²) in [6, 6.07) is 3.74. The van der Waals surface area contributed by atoms with Crippen LogP contribution in [-0.4, -0.2) is 67.9 Å². The Morgan fingerprint density at radius 3 is 2.63 bits per heavy atom. The van der Waals surface area contributed by atoms with Crippen molar-refractivity contribution >= 4 is 30.9 Å². The lowest BCUT2D eigenvalue weighted by atomic mass is 10.2. The monoisotopic (exact) mass is 415 g/mol. The van der Waals surface area contributed by atoms with Gasteiger partial charge in [0.25, 0.3) is 0 Å². The highest BCUT2D eigenvalue weighted by molar-refractivity contribution is 7.92. The molecule has 0 radical (unpaired) electrons. The first-order valence-electron chi connectivity index (χ1n) is 8.80. The van der Waals surface area contributed by atoms with Crippen LogP contribution in [0.4, 0.5) is 0 Å². The van der Waals surface area contributed by atoms with Crippen molar-refractivity contribution in [3.05, 3.63) is 28.7 Å². The highest BCUT2D eigenvalue weighted by Gasteiger charge is 2.40. The second kappa shape index (κ2) is 6.73. The lowest BCUT2D eigenvalue weighted by molar-refractivity contribution is 0.0877. The third kappa shape index (κ3) is 3.68. The molecule has 9 nitrogen and oxygen atoms in total. The maximum atomic E-state index is 13.3. The van der Waals surface area contributed by atoms with Crippen molar-refractivity contribution < 1.29 is 21.6 Å². The first kappa shape index (κ1) is 18.7. The Balaban J connectivity index is 1.72. The van der Waals surface area contributed by atoms with Crippen LogP contribution in [0, 0.1) is 0 Å². The molecule has 0 aliphatic carbocycles. The van der Waals surface area contributed by atoms with Crippen molar-refractivity contribution in [1.29, 1.82) is 0 Å². The Bertz CT molecular complexity index is 1110. The SMILES string of the molecule is O=c1[nH]c2ccc(S(=O)(=O)N(C[C@@H]3CCCO3)[C@@H]3CCS(=O)(=O)C3)cc2[nH]1. The molecule has 0 saturated carbocycles. The van der Waals surface area contributed by atoms with Crippen LogP contribution in [0.5, 0.6) is 0 Å². The van der Waals surface area contributed by atoms with Crippen LogP contribution in [0.25, 0.3) is 11.0 Å². The van der Waals surface area contributed by atoms with E-state index in [4.69, 9.17) is 4.74 Å². The molecule has 0 amide bonds. The molecule has 2 aromatic rings. The zero-order chi connectivity index (χ0) is 19.2. The van der Waals surface area contributed by atoms with E-state index < -0.39 is 31.6 Å². The number of fused-ring (bicyclic) bond motifs is 1. The number of nitrogens with one attached hydrogen (secondary N) is 2. The quantitative estimate of drug-likeness (QED) is 0.718. The third-order valence-electron chi connectivity index (χ3n) is 5.12. The van der Waals surface area contributed by atoms with Crippen LogP contribution in [0.3, 0.4) is 0 Å². The molecule has 0 bridgehead atoms. The van der Waals surface area contributed by atoms with E-state index in [9.17, 15) is 21.6 Å². The Morgan fingerprint density at radius 2 is 1.96 bits per heavy atom. The number of sulfonamides is 1. The van der Waals surface area contributed by atoms with Gasteiger partial charge in [-0.15, -0.1) is 0 Å². The van der Waals surface area contributed by atoms with E-state index in [1.165, 1.54) is 22.5 Å². The minimum Gasteiger partial charge on any atom is -0.377 e. The van der Waals surface area contributed by atoms with Crippen molar-refractivity contribution in [2.45, 2.75) is 36.3 Å². The zero-order valence-corrected chi connectivity index (χ0v) is 16.2. The lowest BCUT2D eigenvalue weighted by Crippen LogP contribution is -2.45. The summed E-state index contributed by atoms with van der Waals surface area (Å²) < 4.78 is 57.4. The van der Waals surface area contributed by atoms with E-state index in [1.807, 2.05) is 0 Å². The molecule has 0 unspecified atom stereocenters. The summed E-state index contributed by atoms with van der Waals surface area (Å²) in [6.07, 6.45) is 1.64. The lowest BCUT2D eigenvalue weighted by Gasteiger charge is -2.29. The minimum absolute atomic E-state index is 0.0145. The number of imidazole rings is 1. The molecular weight excluding hydrogens is 394 g/mol. The summed E-state index contributed by atoms with van der Waals surface area (Å²) in [5.74, 6) is -0.193. The van der Waals surface area contributed by atoms with Crippen LogP contribution in [0.2, 0.25) is 0 Å².